The highest BCUT2D eigenvalue weighted by molar-refractivity contribution is 9.13. The first kappa shape index (κ1) is 14.3. The van der Waals surface area contributed by atoms with Gasteiger partial charge < -0.3 is 5.73 Å². The molecule has 2 unspecified atom stereocenters. The number of halogens is 2. The Morgan fingerprint density at radius 2 is 2.35 bits per heavy atom. The first-order valence-electron chi connectivity index (χ1n) is 5.61. The second-order valence-electron chi connectivity index (χ2n) is 4.18. The molecule has 2 nitrogen and oxygen atoms in total. The third-order valence-electron chi connectivity index (χ3n) is 3.04. The molecule has 1 aromatic heterocycles. The maximum atomic E-state index is 5.98. The molecular formula is C11H16Br2N2S2. The van der Waals surface area contributed by atoms with Crippen molar-refractivity contribution in [2.75, 3.05) is 24.6 Å². The van der Waals surface area contributed by atoms with Crippen molar-refractivity contribution < 1.29 is 0 Å². The van der Waals surface area contributed by atoms with E-state index in [4.69, 9.17) is 5.73 Å². The van der Waals surface area contributed by atoms with Gasteiger partial charge in [-0.2, -0.15) is 11.8 Å². The topological polar surface area (TPSA) is 29.3 Å². The fraction of sp³-hybridized carbons (Fsp3) is 0.636. The average Bonchev–Trinajstić information content (AvgIpc) is 2.63. The number of rotatable bonds is 3. The van der Waals surface area contributed by atoms with E-state index in [-0.39, 0.29) is 0 Å². The highest BCUT2D eigenvalue weighted by Crippen LogP contribution is 2.38. The van der Waals surface area contributed by atoms with Gasteiger partial charge in [-0.25, -0.2) is 0 Å². The standard InChI is InChI=1S/C11H16Br2N2S2/c1-7-6-16-3-2-15(7)9(5-14)10-4-8(12)11(13)17-10/h4,7,9H,2-3,5-6,14H2,1H3. The van der Waals surface area contributed by atoms with Crippen molar-refractivity contribution in [3.63, 3.8) is 0 Å². The highest BCUT2D eigenvalue weighted by Gasteiger charge is 2.28. The zero-order valence-corrected chi connectivity index (χ0v) is 14.5. The Kier molecular flexibility index (Phi) is 5.39. The molecule has 0 bridgehead atoms. The molecule has 6 heteroatoms. The molecule has 1 fully saturated rings. The van der Waals surface area contributed by atoms with Crippen LogP contribution in [0.2, 0.25) is 0 Å². The zero-order chi connectivity index (χ0) is 12.4. The largest absolute Gasteiger partial charge is 0.329 e. The summed E-state index contributed by atoms with van der Waals surface area (Å²) in [6, 6.07) is 3.17. The molecule has 96 valence electrons. The Hall–Kier alpha value is 0.930. The van der Waals surface area contributed by atoms with Crippen molar-refractivity contribution in [1.82, 2.24) is 4.90 Å². The van der Waals surface area contributed by atoms with Gasteiger partial charge in [0.2, 0.25) is 0 Å². The van der Waals surface area contributed by atoms with E-state index in [1.54, 1.807) is 11.3 Å². The van der Waals surface area contributed by atoms with Gasteiger partial charge in [-0.3, -0.25) is 4.90 Å². The van der Waals surface area contributed by atoms with Crippen molar-refractivity contribution in [3.8, 4) is 0 Å². The molecule has 1 saturated heterocycles. The van der Waals surface area contributed by atoms with Crippen molar-refractivity contribution >= 4 is 55.0 Å². The molecule has 0 radical (unpaired) electrons. The number of nitrogens with zero attached hydrogens (tertiary/aromatic N) is 1. The zero-order valence-electron chi connectivity index (χ0n) is 9.66. The lowest BCUT2D eigenvalue weighted by atomic mass is 10.1. The molecular weight excluding hydrogens is 384 g/mol. The molecule has 1 aromatic rings. The smallest absolute Gasteiger partial charge is 0.0843 e. The highest BCUT2D eigenvalue weighted by atomic mass is 79.9. The predicted molar refractivity (Wildman–Crippen MR) is 85.0 cm³/mol. The molecule has 0 saturated carbocycles. The summed E-state index contributed by atoms with van der Waals surface area (Å²) < 4.78 is 2.29. The van der Waals surface area contributed by atoms with Gasteiger partial charge in [0, 0.05) is 40.0 Å². The average molecular weight is 400 g/mol. The van der Waals surface area contributed by atoms with Gasteiger partial charge in [-0.05, 0) is 44.8 Å². The molecule has 1 aliphatic heterocycles. The third kappa shape index (κ3) is 3.28. The summed E-state index contributed by atoms with van der Waals surface area (Å²) in [5.41, 5.74) is 5.98. The van der Waals surface area contributed by atoms with Gasteiger partial charge >= 0.3 is 0 Å². The van der Waals surface area contributed by atoms with Crippen LogP contribution in [0, 0.1) is 0 Å². The van der Waals surface area contributed by atoms with Gasteiger partial charge in [0.1, 0.15) is 0 Å². The molecule has 1 aliphatic rings. The Morgan fingerprint density at radius 1 is 1.59 bits per heavy atom. The monoisotopic (exact) mass is 398 g/mol. The number of thiophene rings is 1. The van der Waals surface area contributed by atoms with Crippen molar-refractivity contribution in [1.29, 1.82) is 0 Å². The van der Waals surface area contributed by atoms with Crippen LogP contribution in [0.15, 0.2) is 14.3 Å². The summed E-state index contributed by atoms with van der Waals surface area (Å²) in [7, 11) is 0. The lowest BCUT2D eigenvalue weighted by molar-refractivity contribution is 0.168. The molecule has 2 N–H and O–H groups in total. The number of nitrogens with two attached hydrogens (primary N) is 1. The van der Waals surface area contributed by atoms with Crippen molar-refractivity contribution in [2.45, 2.75) is 19.0 Å². The number of thioether (sulfide) groups is 1. The molecule has 0 spiro atoms. The van der Waals surface area contributed by atoms with Crippen LogP contribution < -0.4 is 5.73 Å². The fourth-order valence-electron chi connectivity index (χ4n) is 2.15. The Labute approximate surface area is 128 Å². The van der Waals surface area contributed by atoms with Crippen LogP contribution in [0.4, 0.5) is 0 Å². The maximum Gasteiger partial charge on any atom is 0.0843 e. The van der Waals surface area contributed by atoms with Gasteiger partial charge in [0.05, 0.1) is 9.83 Å². The fourth-order valence-corrected chi connectivity index (χ4v) is 5.41. The summed E-state index contributed by atoms with van der Waals surface area (Å²) in [6.07, 6.45) is 0. The van der Waals surface area contributed by atoms with Crippen LogP contribution in [0.25, 0.3) is 0 Å². The van der Waals surface area contributed by atoms with E-state index >= 15 is 0 Å². The maximum absolute atomic E-state index is 5.98. The summed E-state index contributed by atoms with van der Waals surface area (Å²) in [5, 5.41) is 0. The lowest BCUT2D eigenvalue weighted by Crippen LogP contribution is -2.44. The second-order valence-corrected chi connectivity index (χ2v) is 8.59. The van der Waals surface area contributed by atoms with Crippen LogP contribution in [-0.2, 0) is 0 Å². The van der Waals surface area contributed by atoms with Gasteiger partial charge in [-0.1, -0.05) is 0 Å². The summed E-state index contributed by atoms with van der Waals surface area (Å²) in [6.45, 7) is 4.13. The van der Waals surface area contributed by atoms with Crippen molar-refractivity contribution in [2.24, 2.45) is 5.73 Å². The Morgan fingerprint density at radius 3 is 2.88 bits per heavy atom. The quantitative estimate of drug-likeness (QED) is 0.839. The van der Waals surface area contributed by atoms with Gasteiger partial charge in [0.25, 0.3) is 0 Å². The first-order valence-corrected chi connectivity index (χ1v) is 9.17. The SMILES string of the molecule is CC1CSCCN1C(CN)c1cc(Br)c(Br)s1. The lowest BCUT2D eigenvalue weighted by Gasteiger charge is -2.38. The molecule has 0 aromatic carbocycles. The molecule has 2 rings (SSSR count). The third-order valence-corrected chi connectivity index (χ3v) is 7.58. The van der Waals surface area contributed by atoms with Gasteiger partial charge in [0.15, 0.2) is 0 Å². The van der Waals surface area contributed by atoms with Crippen LogP contribution >= 0.6 is 55.0 Å². The molecule has 0 aliphatic carbocycles. The normalized spacial score (nSPS) is 23.9. The molecule has 0 amide bonds. The number of hydrogen-bond donors (Lipinski definition) is 1. The van der Waals surface area contributed by atoms with Crippen LogP contribution in [-0.4, -0.2) is 35.5 Å². The summed E-state index contributed by atoms with van der Waals surface area (Å²) in [5.74, 6) is 2.43. The summed E-state index contributed by atoms with van der Waals surface area (Å²) >= 11 is 10.9. The Bertz CT molecular complexity index is 364. The Balaban J connectivity index is 2.20. The predicted octanol–water partition coefficient (Wildman–Crippen LogP) is 3.71. The van der Waals surface area contributed by atoms with E-state index in [2.05, 4.69) is 49.7 Å². The van der Waals surface area contributed by atoms with Crippen LogP contribution in [0.5, 0.6) is 0 Å². The van der Waals surface area contributed by atoms with E-state index in [0.717, 1.165) is 14.8 Å². The minimum absolute atomic E-state index is 0.360. The van der Waals surface area contributed by atoms with Crippen LogP contribution in [0.3, 0.4) is 0 Å². The van der Waals surface area contributed by atoms with Crippen molar-refractivity contribution in [3.05, 3.63) is 19.2 Å². The molecule has 17 heavy (non-hydrogen) atoms. The van der Waals surface area contributed by atoms with E-state index in [9.17, 15) is 0 Å². The first-order chi connectivity index (χ1) is 8.13. The van der Waals surface area contributed by atoms with E-state index in [0.29, 0.717) is 18.6 Å². The molecule has 2 heterocycles. The minimum Gasteiger partial charge on any atom is -0.329 e. The second kappa shape index (κ2) is 6.39. The summed E-state index contributed by atoms with van der Waals surface area (Å²) in [4.78, 5) is 3.89. The van der Waals surface area contributed by atoms with E-state index in [1.165, 1.54) is 16.4 Å². The van der Waals surface area contributed by atoms with Gasteiger partial charge in [-0.15, -0.1) is 11.3 Å². The number of hydrogen-bond acceptors (Lipinski definition) is 4. The minimum atomic E-state index is 0.360. The van der Waals surface area contributed by atoms with E-state index < -0.39 is 0 Å². The van der Waals surface area contributed by atoms with E-state index in [1.807, 2.05) is 11.8 Å². The molecule has 2 atom stereocenters. The van der Waals surface area contributed by atoms with Crippen LogP contribution in [0.1, 0.15) is 17.8 Å².